The molecular formula is C19H25N5O2S. The maximum Gasteiger partial charge on any atom is 0.244 e. The molecule has 0 spiro atoms. The molecule has 2 amide bonds. The van der Waals surface area contributed by atoms with E-state index >= 15 is 0 Å². The van der Waals surface area contributed by atoms with Crippen molar-refractivity contribution in [2.45, 2.75) is 38.8 Å². The van der Waals surface area contributed by atoms with E-state index < -0.39 is 0 Å². The first-order chi connectivity index (χ1) is 12.9. The van der Waals surface area contributed by atoms with Crippen molar-refractivity contribution in [3.8, 4) is 11.4 Å². The van der Waals surface area contributed by atoms with Crippen LogP contribution in [0.3, 0.4) is 0 Å². The van der Waals surface area contributed by atoms with E-state index in [4.69, 9.17) is 12.2 Å². The number of aromatic nitrogens is 3. The first kappa shape index (κ1) is 19.3. The molecule has 3 rings (SSSR count). The van der Waals surface area contributed by atoms with E-state index in [1.165, 1.54) is 0 Å². The van der Waals surface area contributed by atoms with Gasteiger partial charge < -0.3 is 9.80 Å². The van der Waals surface area contributed by atoms with Crippen LogP contribution in [0.2, 0.25) is 0 Å². The number of likely N-dealkylation sites (tertiary alicyclic amines) is 1. The number of nitrogens with one attached hydrogen (secondary N) is 1. The zero-order valence-electron chi connectivity index (χ0n) is 15.9. The summed E-state index contributed by atoms with van der Waals surface area (Å²) in [4.78, 5) is 28.3. The normalized spacial score (nSPS) is 16.6. The van der Waals surface area contributed by atoms with Gasteiger partial charge in [-0.15, -0.1) is 0 Å². The minimum atomic E-state index is -0.346. The molecular weight excluding hydrogens is 362 g/mol. The molecule has 2 heterocycles. The molecule has 27 heavy (non-hydrogen) atoms. The molecule has 1 fully saturated rings. The van der Waals surface area contributed by atoms with Crippen molar-refractivity contribution in [1.29, 1.82) is 0 Å². The lowest BCUT2D eigenvalue weighted by Crippen LogP contribution is -2.45. The molecule has 144 valence electrons. The van der Waals surface area contributed by atoms with Gasteiger partial charge in [0, 0.05) is 39.2 Å². The maximum atomic E-state index is 12.8. The Labute approximate surface area is 164 Å². The number of aromatic amines is 1. The highest BCUT2D eigenvalue weighted by Crippen LogP contribution is 2.22. The second-order valence-corrected chi connectivity index (χ2v) is 7.49. The number of likely N-dealkylation sites (N-methyl/N-ethyl adjacent to an activating group) is 1. The third-order valence-corrected chi connectivity index (χ3v) is 5.19. The van der Waals surface area contributed by atoms with Crippen molar-refractivity contribution in [2.24, 2.45) is 0 Å². The van der Waals surface area contributed by atoms with Crippen molar-refractivity contribution >= 4 is 24.0 Å². The Bertz CT molecular complexity index is 902. The van der Waals surface area contributed by atoms with Crippen molar-refractivity contribution in [2.75, 3.05) is 20.6 Å². The molecule has 1 unspecified atom stereocenters. The first-order valence-electron chi connectivity index (χ1n) is 9.11. The highest BCUT2D eigenvalue weighted by Gasteiger charge is 2.34. The fraction of sp³-hybridized carbons (Fsp3) is 0.474. The Morgan fingerprint density at radius 2 is 2.15 bits per heavy atom. The number of rotatable bonds is 5. The predicted molar refractivity (Wildman–Crippen MR) is 106 cm³/mol. The van der Waals surface area contributed by atoms with E-state index in [-0.39, 0.29) is 24.3 Å². The summed E-state index contributed by atoms with van der Waals surface area (Å²) in [6.45, 7) is 3.08. The fourth-order valence-electron chi connectivity index (χ4n) is 3.50. The summed E-state index contributed by atoms with van der Waals surface area (Å²) in [5.74, 6) is 0.686. The largest absolute Gasteiger partial charge is 0.347 e. The van der Waals surface area contributed by atoms with E-state index in [9.17, 15) is 9.59 Å². The third kappa shape index (κ3) is 4.10. The molecule has 0 radical (unpaired) electrons. The first-order valence-corrected chi connectivity index (χ1v) is 9.52. The van der Waals surface area contributed by atoms with Crippen LogP contribution in [-0.2, 0) is 16.1 Å². The van der Waals surface area contributed by atoms with Crippen LogP contribution >= 0.6 is 12.2 Å². The Balaban J connectivity index is 1.74. The molecule has 1 aliphatic heterocycles. The van der Waals surface area contributed by atoms with E-state index in [1.807, 2.05) is 35.8 Å². The fourth-order valence-corrected chi connectivity index (χ4v) is 3.72. The minimum absolute atomic E-state index is 0.0128. The summed E-state index contributed by atoms with van der Waals surface area (Å²) >= 11 is 5.35. The standard InChI is InChI=1S/C19H25N5O2S/c1-13-6-4-7-14(12-13)17-20-21-19(27)24(17)11-9-16(25)23-10-5-8-15(23)18(26)22(2)3/h4,6-7,12,15H,5,8-11H2,1-3H3,(H,21,27). The Morgan fingerprint density at radius 3 is 2.85 bits per heavy atom. The molecule has 8 heteroatoms. The highest BCUT2D eigenvalue weighted by molar-refractivity contribution is 7.71. The highest BCUT2D eigenvalue weighted by atomic mass is 32.1. The van der Waals surface area contributed by atoms with Crippen molar-refractivity contribution in [1.82, 2.24) is 24.6 Å². The van der Waals surface area contributed by atoms with E-state index in [1.54, 1.807) is 23.9 Å². The molecule has 0 aliphatic carbocycles. The summed E-state index contributed by atoms with van der Waals surface area (Å²) in [5.41, 5.74) is 2.09. The lowest BCUT2D eigenvalue weighted by Gasteiger charge is -2.26. The second kappa shape index (κ2) is 8.04. The predicted octanol–water partition coefficient (Wildman–Crippen LogP) is 2.39. The summed E-state index contributed by atoms with van der Waals surface area (Å²) in [6.07, 6.45) is 1.86. The van der Waals surface area contributed by atoms with Crippen LogP contribution in [0.25, 0.3) is 11.4 Å². The topological polar surface area (TPSA) is 74.2 Å². The summed E-state index contributed by atoms with van der Waals surface area (Å²) < 4.78 is 2.34. The molecule has 7 nitrogen and oxygen atoms in total. The van der Waals surface area contributed by atoms with Gasteiger partial charge in [0.2, 0.25) is 11.8 Å². The van der Waals surface area contributed by atoms with Crippen LogP contribution in [0, 0.1) is 11.7 Å². The maximum absolute atomic E-state index is 12.8. The van der Waals surface area contributed by atoms with Crippen molar-refractivity contribution in [3.63, 3.8) is 0 Å². The van der Waals surface area contributed by atoms with Gasteiger partial charge >= 0.3 is 0 Å². The van der Waals surface area contributed by atoms with Crippen LogP contribution in [-0.4, -0.2) is 63.1 Å². The van der Waals surface area contributed by atoms with Gasteiger partial charge in [0.1, 0.15) is 6.04 Å². The second-order valence-electron chi connectivity index (χ2n) is 7.10. The van der Waals surface area contributed by atoms with Crippen LogP contribution in [0.1, 0.15) is 24.8 Å². The Morgan fingerprint density at radius 1 is 1.37 bits per heavy atom. The van der Waals surface area contributed by atoms with Crippen molar-refractivity contribution in [3.05, 3.63) is 34.6 Å². The monoisotopic (exact) mass is 387 g/mol. The molecule has 1 aromatic carbocycles. The SMILES string of the molecule is Cc1cccc(-c2n[nH]c(=S)n2CCC(=O)N2CCCC2C(=O)N(C)C)c1. The van der Waals surface area contributed by atoms with E-state index in [0.29, 0.717) is 17.9 Å². The average molecular weight is 388 g/mol. The quantitative estimate of drug-likeness (QED) is 0.800. The molecule has 2 aromatic rings. The van der Waals surface area contributed by atoms with Crippen molar-refractivity contribution < 1.29 is 9.59 Å². The van der Waals surface area contributed by atoms with E-state index in [0.717, 1.165) is 29.8 Å². The smallest absolute Gasteiger partial charge is 0.244 e. The number of H-pyrrole nitrogens is 1. The molecule has 1 saturated heterocycles. The van der Waals surface area contributed by atoms with Gasteiger partial charge in [-0.3, -0.25) is 19.3 Å². The Hall–Kier alpha value is -2.48. The number of aryl methyl sites for hydroxylation is 1. The molecule has 0 saturated carbocycles. The van der Waals surface area contributed by atoms with Gasteiger partial charge in [0.25, 0.3) is 0 Å². The Kier molecular flexibility index (Phi) is 5.74. The van der Waals surface area contributed by atoms with Gasteiger partial charge in [-0.1, -0.05) is 23.8 Å². The summed E-state index contributed by atoms with van der Waals surface area (Å²) in [6, 6.07) is 7.66. The number of carbonyl (C=O) groups excluding carboxylic acids is 2. The zero-order valence-corrected chi connectivity index (χ0v) is 16.8. The average Bonchev–Trinajstić information content (AvgIpc) is 3.26. The number of nitrogens with zero attached hydrogens (tertiary/aromatic N) is 4. The van der Waals surface area contributed by atoms with Crippen LogP contribution in [0.4, 0.5) is 0 Å². The van der Waals surface area contributed by atoms with Gasteiger partial charge in [0.15, 0.2) is 10.6 Å². The minimum Gasteiger partial charge on any atom is -0.347 e. The lowest BCUT2D eigenvalue weighted by molar-refractivity contribution is -0.142. The number of hydrogen-bond donors (Lipinski definition) is 1. The summed E-state index contributed by atoms with van der Waals surface area (Å²) in [7, 11) is 3.45. The van der Waals surface area contributed by atoms with Gasteiger partial charge in [-0.25, -0.2) is 0 Å². The van der Waals surface area contributed by atoms with Gasteiger partial charge in [-0.05, 0) is 38.0 Å². The molecule has 1 aromatic heterocycles. The third-order valence-electron chi connectivity index (χ3n) is 4.88. The molecule has 1 atom stereocenters. The van der Waals surface area contributed by atoms with Gasteiger partial charge in [-0.2, -0.15) is 5.10 Å². The van der Waals surface area contributed by atoms with E-state index in [2.05, 4.69) is 10.2 Å². The number of hydrogen-bond acceptors (Lipinski definition) is 4. The van der Waals surface area contributed by atoms with Gasteiger partial charge in [0.05, 0.1) is 0 Å². The number of benzene rings is 1. The molecule has 0 bridgehead atoms. The van der Waals surface area contributed by atoms with Crippen LogP contribution < -0.4 is 0 Å². The molecule has 1 N–H and O–H groups in total. The number of carbonyl (C=O) groups is 2. The lowest BCUT2D eigenvalue weighted by atomic mass is 10.1. The molecule has 1 aliphatic rings. The zero-order chi connectivity index (χ0) is 19.6. The number of amides is 2. The van der Waals surface area contributed by atoms with Crippen LogP contribution in [0.5, 0.6) is 0 Å². The summed E-state index contributed by atoms with van der Waals surface area (Å²) in [5, 5.41) is 7.15. The van der Waals surface area contributed by atoms with Crippen LogP contribution in [0.15, 0.2) is 24.3 Å².